The van der Waals surface area contributed by atoms with Gasteiger partial charge >= 0.3 is 0 Å². The maximum atomic E-state index is 12.8. The third-order valence-electron chi connectivity index (χ3n) is 3.98. The fourth-order valence-corrected chi connectivity index (χ4v) is 4.01. The fraction of sp³-hybridized carbons (Fsp3) is 0.350. The van der Waals surface area contributed by atoms with Gasteiger partial charge in [-0.2, -0.15) is 0 Å². The number of hydrogen-bond acceptors (Lipinski definition) is 3. The summed E-state index contributed by atoms with van der Waals surface area (Å²) in [4.78, 5) is 12.8. The highest BCUT2D eigenvalue weighted by Gasteiger charge is 2.15. The molecule has 2 atom stereocenters. The van der Waals surface area contributed by atoms with Crippen LogP contribution in [0, 0.1) is 27.7 Å². The minimum absolute atomic E-state index is 0.111. The number of hydrogen-bond donors (Lipinski definition) is 0. The number of methoxy groups -OCH3 is 1. The first-order valence-corrected chi connectivity index (χ1v) is 9.01. The second-order valence-electron chi connectivity index (χ2n) is 6.13. The van der Waals surface area contributed by atoms with E-state index in [1.807, 2.05) is 45.9 Å². The van der Waals surface area contributed by atoms with Gasteiger partial charge in [-0.15, -0.1) is 0 Å². The molecule has 2 unspecified atom stereocenters. The van der Waals surface area contributed by atoms with Gasteiger partial charge in [0.2, 0.25) is 0 Å². The van der Waals surface area contributed by atoms with E-state index in [9.17, 15) is 4.79 Å². The van der Waals surface area contributed by atoms with Gasteiger partial charge in [-0.3, -0.25) is 4.79 Å². The summed E-state index contributed by atoms with van der Waals surface area (Å²) in [5.74, 6) is 0.755. The van der Waals surface area contributed by atoms with Crippen molar-refractivity contribution in [1.82, 2.24) is 0 Å². The Hall–Kier alpha value is -1.70. The summed E-state index contributed by atoms with van der Waals surface area (Å²) < 4.78 is 10.7. The quantitative estimate of drug-likeness (QED) is 0.574. The minimum Gasteiger partial charge on any atom is -0.465 e. The molecule has 0 bridgehead atoms. The summed E-state index contributed by atoms with van der Waals surface area (Å²) >= 11 is 0. The molecule has 0 heterocycles. The van der Waals surface area contributed by atoms with Crippen molar-refractivity contribution in [2.45, 2.75) is 40.9 Å². The molecule has 4 heteroatoms. The summed E-state index contributed by atoms with van der Waals surface area (Å²) in [5.41, 5.74) is 5.39. The molecule has 0 saturated heterocycles. The number of ether oxygens (including phenoxy) is 2. The van der Waals surface area contributed by atoms with Crippen LogP contribution in [0.25, 0.3) is 0 Å². The Balaban J connectivity index is 2.21. The lowest BCUT2D eigenvalue weighted by Gasteiger charge is -2.15. The van der Waals surface area contributed by atoms with E-state index >= 15 is 0 Å². The Morgan fingerprint density at radius 3 is 2.17 bits per heavy atom. The van der Waals surface area contributed by atoms with Crippen molar-refractivity contribution in [1.29, 1.82) is 0 Å². The Bertz CT molecular complexity index is 730. The molecule has 2 aromatic rings. The van der Waals surface area contributed by atoms with Gasteiger partial charge in [0.05, 0.1) is 0 Å². The van der Waals surface area contributed by atoms with Gasteiger partial charge in [0.1, 0.15) is 5.75 Å². The van der Waals surface area contributed by atoms with Crippen molar-refractivity contribution < 1.29 is 14.3 Å². The molecule has 0 aliphatic carbocycles. The average Bonchev–Trinajstić information content (AvgIpc) is 2.48. The van der Waals surface area contributed by atoms with E-state index in [2.05, 4.69) is 19.1 Å². The van der Waals surface area contributed by atoms with Crippen LogP contribution in [0.2, 0.25) is 0 Å². The second-order valence-corrected chi connectivity index (χ2v) is 7.37. The topological polar surface area (TPSA) is 35.5 Å². The molecule has 3 nitrogen and oxygen atoms in total. The van der Waals surface area contributed by atoms with Gasteiger partial charge < -0.3 is 9.47 Å². The lowest BCUT2D eigenvalue weighted by Crippen LogP contribution is -2.14. The highest BCUT2D eigenvalue weighted by atomic mass is 31.1. The van der Waals surface area contributed by atoms with E-state index in [1.165, 1.54) is 5.56 Å². The van der Waals surface area contributed by atoms with Crippen molar-refractivity contribution in [3.8, 4) is 5.75 Å². The molecular weight excluding hydrogens is 319 g/mol. The molecule has 128 valence electrons. The average molecular weight is 344 g/mol. The highest BCUT2D eigenvalue weighted by Crippen LogP contribution is 2.27. The minimum atomic E-state index is -0.294. The molecule has 0 radical (unpaired) electrons. The summed E-state index contributed by atoms with van der Waals surface area (Å²) in [6.45, 7) is 9.92. The zero-order valence-electron chi connectivity index (χ0n) is 15.2. The van der Waals surface area contributed by atoms with Crippen LogP contribution in [0.15, 0.2) is 30.3 Å². The Labute approximate surface area is 146 Å². The first-order chi connectivity index (χ1) is 11.3. The van der Waals surface area contributed by atoms with Crippen molar-refractivity contribution >= 4 is 19.4 Å². The molecule has 0 N–H and O–H groups in total. The molecule has 0 aromatic heterocycles. The predicted octanol–water partition coefficient (Wildman–Crippen LogP) is 4.44. The summed E-state index contributed by atoms with van der Waals surface area (Å²) in [5, 5.41) is 1.05. The molecule has 0 spiro atoms. The van der Waals surface area contributed by atoms with Crippen LogP contribution < -0.4 is 10.0 Å². The maximum Gasteiger partial charge on any atom is 0.196 e. The monoisotopic (exact) mass is 344 g/mol. The van der Waals surface area contributed by atoms with Crippen molar-refractivity contribution in [2.24, 2.45) is 0 Å². The lowest BCUT2D eigenvalue weighted by molar-refractivity contribution is -0.0382. The lowest BCUT2D eigenvalue weighted by atomic mass is 10.0. The highest BCUT2D eigenvalue weighted by molar-refractivity contribution is 7.66. The van der Waals surface area contributed by atoms with E-state index in [4.69, 9.17) is 9.47 Å². The third-order valence-corrected chi connectivity index (χ3v) is 5.29. The van der Waals surface area contributed by atoms with Crippen LogP contribution in [0.5, 0.6) is 5.75 Å². The van der Waals surface area contributed by atoms with Crippen LogP contribution >= 0.6 is 8.58 Å². The normalized spacial score (nSPS) is 12.6. The first-order valence-electron chi connectivity index (χ1n) is 8.01. The first kappa shape index (κ1) is 18.6. The SMILES string of the molecule is COC(C)Oc1ccc(PC(=O)c2c(C)cc(C)cc2C)c(C)c1. The largest absolute Gasteiger partial charge is 0.465 e. The maximum absolute atomic E-state index is 12.8. The smallest absolute Gasteiger partial charge is 0.196 e. The van der Waals surface area contributed by atoms with Crippen LogP contribution in [-0.2, 0) is 4.74 Å². The molecule has 0 saturated carbocycles. The van der Waals surface area contributed by atoms with Gasteiger partial charge in [-0.1, -0.05) is 23.8 Å². The van der Waals surface area contributed by atoms with E-state index in [1.54, 1.807) is 7.11 Å². The van der Waals surface area contributed by atoms with Crippen molar-refractivity contribution in [3.63, 3.8) is 0 Å². The van der Waals surface area contributed by atoms with Crippen LogP contribution in [-0.4, -0.2) is 18.9 Å². The van der Waals surface area contributed by atoms with Crippen molar-refractivity contribution in [2.75, 3.05) is 7.11 Å². The number of rotatable bonds is 6. The third kappa shape index (κ3) is 4.43. The molecule has 2 aromatic carbocycles. The summed E-state index contributed by atoms with van der Waals surface area (Å²) in [7, 11) is 1.72. The number of carbonyl (C=O) groups is 1. The zero-order valence-corrected chi connectivity index (χ0v) is 16.2. The molecule has 0 aliphatic rings. The number of benzene rings is 2. The molecule has 24 heavy (non-hydrogen) atoms. The fourth-order valence-electron chi connectivity index (χ4n) is 2.81. The van der Waals surface area contributed by atoms with E-state index in [0.29, 0.717) is 0 Å². The summed E-state index contributed by atoms with van der Waals surface area (Å²) in [6.07, 6.45) is -0.294. The van der Waals surface area contributed by atoms with Gasteiger partial charge in [-0.25, -0.2) is 0 Å². The van der Waals surface area contributed by atoms with E-state index in [0.717, 1.165) is 33.3 Å². The molecule has 2 rings (SSSR count). The molecular formula is C20H25O3P. The Morgan fingerprint density at radius 1 is 1.00 bits per heavy atom. The van der Waals surface area contributed by atoms with Gasteiger partial charge in [0.25, 0.3) is 0 Å². The van der Waals surface area contributed by atoms with Gasteiger partial charge in [-0.05, 0) is 77.3 Å². The molecule has 0 amide bonds. The Morgan fingerprint density at radius 2 is 1.62 bits per heavy atom. The number of carbonyl (C=O) groups excluding carboxylic acids is 1. The van der Waals surface area contributed by atoms with Crippen LogP contribution in [0.4, 0.5) is 0 Å². The molecule has 0 fully saturated rings. The second kappa shape index (κ2) is 7.92. The van der Waals surface area contributed by atoms with Crippen LogP contribution in [0.1, 0.15) is 39.5 Å². The van der Waals surface area contributed by atoms with E-state index in [-0.39, 0.29) is 20.4 Å². The predicted molar refractivity (Wildman–Crippen MR) is 101 cm³/mol. The zero-order chi connectivity index (χ0) is 17.9. The van der Waals surface area contributed by atoms with Gasteiger partial charge in [0.15, 0.2) is 11.8 Å². The van der Waals surface area contributed by atoms with E-state index < -0.39 is 0 Å². The number of aryl methyl sites for hydroxylation is 4. The molecule has 0 aliphatic heterocycles. The standard InChI is InChI=1S/C20H25O3P/c1-12-9-14(3)19(15(4)10-12)20(21)24-18-8-7-17(11-13(18)2)23-16(5)22-6/h7-11,16,24H,1-6H3. The van der Waals surface area contributed by atoms with Gasteiger partial charge in [0, 0.05) is 12.7 Å². The van der Waals surface area contributed by atoms with Crippen molar-refractivity contribution in [3.05, 3.63) is 58.1 Å². The van der Waals surface area contributed by atoms with Crippen LogP contribution in [0.3, 0.4) is 0 Å². The summed E-state index contributed by atoms with van der Waals surface area (Å²) in [6, 6.07) is 9.97. The Kier molecular flexibility index (Phi) is 6.15.